The van der Waals surface area contributed by atoms with E-state index in [1.54, 1.807) is 18.2 Å². The van der Waals surface area contributed by atoms with Gasteiger partial charge in [0.05, 0.1) is 0 Å². The first-order chi connectivity index (χ1) is 9.08. The quantitative estimate of drug-likeness (QED) is 0.896. The van der Waals surface area contributed by atoms with Crippen molar-refractivity contribution in [2.24, 2.45) is 5.73 Å². The SMILES string of the molecule is NCC(Oc1cc(F)cc(Br)c1)c1ccc(Cl)cc1. The second-order valence-electron chi connectivity index (χ2n) is 4.00. The van der Waals surface area contributed by atoms with Gasteiger partial charge < -0.3 is 10.5 Å². The average Bonchev–Trinajstić information content (AvgIpc) is 2.36. The third-order valence-electron chi connectivity index (χ3n) is 2.57. The van der Waals surface area contributed by atoms with E-state index in [0.717, 1.165) is 5.56 Å². The Bertz CT molecular complexity index is 542. The number of halogens is 3. The summed E-state index contributed by atoms with van der Waals surface area (Å²) in [5.41, 5.74) is 6.60. The van der Waals surface area contributed by atoms with Crippen LogP contribution >= 0.6 is 27.5 Å². The molecule has 1 atom stereocenters. The molecule has 2 rings (SSSR count). The third-order valence-corrected chi connectivity index (χ3v) is 3.28. The molecule has 2 aromatic rings. The van der Waals surface area contributed by atoms with Gasteiger partial charge in [0, 0.05) is 22.1 Å². The Morgan fingerprint density at radius 1 is 1.21 bits per heavy atom. The maximum absolute atomic E-state index is 13.3. The lowest BCUT2D eigenvalue weighted by Crippen LogP contribution is -2.18. The standard InChI is InChI=1S/C14H12BrClFNO/c15-10-5-12(17)7-13(6-10)19-14(8-18)9-1-3-11(16)4-2-9/h1-7,14H,8,18H2. The van der Waals surface area contributed by atoms with Gasteiger partial charge in [0.2, 0.25) is 0 Å². The predicted octanol–water partition coefficient (Wildman–Crippen LogP) is 4.32. The molecule has 0 bridgehead atoms. The van der Waals surface area contributed by atoms with Crippen LogP contribution in [0.15, 0.2) is 46.9 Å². The summed E-state index contributed by atoms with van der Waals surface area (Å²) in [7, 11) is 0. The van der Waals surface area contributed by atoms with E-state index in [-0.39, 0.29) is 18.5 Å². The van der Waals surface area contributed by atoms with E-state index in [2.05, 4.69) is 15.9 Å². The molecule has 0 aliphatic carbocycles. The minimum Gasteiger partial charge on any atom is -0.484 e. The Hall–Kier alpha value is -1.10. The van der Waals surface area contributed by atoms with Crippen molar-refractivity contribution >= 4 is 27.5 Å². The normalized spacial score (nSPS) is 12.2. The van der Waals surface area contributed by atoms with E-state index < -0.39 is 0 Å². The second-order valence-corrected chi connectivity index (χ2v) is 5.35. The minimum atomic E-state index is -0.365. The molecule has 1 unspecified atom stereocenters. The van der Waals surface area contributed by atoms with Crippen molar-refractivity contribution in [2.45, 2.75) is 6.10 Å². The van der Waals surface area contributed by atoms with Gasteiger partial charge in [0.1, 0.15) is 17.7 Å². The topological polar surface area (TPSA) is 35.2 Å². The molecule has 0 saturated carbocycles. The maximum atomic E-state index is 13.3. The van der Waals surface area contributed by atoms with Crippen LogP contribution < -0.4 is 10.5 Å². The molecule has 100 valence electrons. The highest BCUT2D eigenvalue weighted by Gasteiger charge is 2.12. The van der Waals surface area contributed by atoms with Crippen LogP contribution in [0, 0.1) is 5.82 Å². The van der Waals surface area contributed by atoms with Gasteiger partial charge in [0.15, 0.2) is 0 Å². The predicted molar refractivity (Wildman–Crippen MR) is 78.0 cm³/mol. The third kappa shape index (κ3) is 3.93. The largest absolute Gasteiger partial charge is 0.484 e. The number of rotatable bonds is 4. The van der Waals surface area contributed by atoms with Crippen molar-refractivity contribution in [3.63, 3.8) is 0 Å². The van der Waals surface area contributed by atoms with Crippen LogP contribution in [0.1, 0.15) is 11.7 Å². The van der Waals surface area contributed by atoms with E-state index in [4.69, 9.17) is 22.1 Å². The summed E-state index contributed by atoms with van der Waals surface area (Å²) >= 11 is 9.06. The number of hydrogen-bond acceptors (Lipinski definition) is 2. The fourth-order valence-corrected chi connectivity index (χ4v) is 2.26. The molecule has 0 fully saturated rings. The molecule has 0 aliphatic heterocycles. The molecule has 19 heavy (non-hydrogen) atoms. The molecule has 0 radical (unpaired) electrons. The highest BCUT2D eigenvalue weighted by atomic mass is 79.9. The summed E-state index contributed by atoms with van der Waals surface area (Å²) in [6, 6.07) is 11.6. The minimum absolute atomic E-state index is 0.287. The van der Waals surface area contributed by atoms with Gasteiger partial charge in [-0.05, 0) is 29.8 Å². The first-order valence-electron chi connectivity index (χ1n) is 5.67. The van der Waals surface area contributed by atoms with Crippen molar-refractivity contribution in [2.75, 3.05) is 6.54 Å². The lowest BCUT2D eigenvalue weighted by atomic mass is 10.1. The monoisotopic (exact) mass is 343 g/mol. The average molecular weight is 345 g/mol. The Morgan fingerprint density at radius 2 is 1.89 bits per heavy atom. The van der Waals surface area contributed by atoms with Crippen LogP contribution in [0.2, 0.25) is 5.02 Å². The highest BCUT2D eigenvalue weighted by molar-refractivity contribution is 9.10. The molecule has 2 nitrogen and oxygen atoms in total. The van der Waals surface area contributed by atoms with Crippen LogP contribution in [0.4, 0.5) is 4.39 Å². The summed E-state index contributed by atoms with van der Waals surface area (Å²) < 4.78 is 19.6. The Kier molecular flexibility index (Phi) is 4.80. The van der Waals surface area contributed by atoms with Crippen molar-refractivity contribution in [1.82, 2.24) is 0 Å². The van der Waals surface area contributed by atoms with E-state index in [0.29, 0.717) is 15.2 Å². The lowest BCUT2D eigenvalue weighted by molar-refractivity contribution is 0.213. The smallest absolute Gasteiger partial charge is 0.136 e. The molecule has 0 spiro atoms. The molecule has 2 aromatic carbocycles. The molecule has 0 aromatic heterocycles. The Balaban J connectivity index is 2.21. The van der Waals surface area contributed by atoms with Gasteiger partial charge in [-0.3, -0.25) is 0 Å². The zero-order valence-corrected chi connectivity index (χ0v) is 12.3. The van der Waals surface area contributed by atoms with Crippen LogP contribution in [0.5, 0.6) is 5.75 Å². The molecule has 2 N–H and O–H groups in total. The fraction of sp³-hybridized carbons (Fsp3) is 0.143. The van der Waals surface area contributed by atoms with E-state index in [1.165, 1.54) is 12.1 Å². The van der Waals surface area contributed by atoms with Crippen molar-refractivity contribution < 1.29 is 9.13 Å². The van der Waals surface area contributed by atoms with Gasteiger partial charge in [-0.2, -0.15) is 0 Å². The second kappa shape index (κ2) is 6.37. The number of benzene rings is 2. The van der Waals surface area contributed by atoms with Gasteiger partial charge in [0.25, 0.3) is 0 Å². The first kappa shape index (κ1) is 14.3. The molecule has 0 aliphatic rings. The van der Waals surface area contributed by atoms with Crippen molar-refractivity contribution in [3.8, 4) is 5.75 Å². The molecule has 5 heteroatoms. The summed E-state index contributed by atoms with van der Waals surface area (Å²) in [5, 5.41) is 0.646. The molecular formula is C14H12BrClFNO. The van der Waals surface area contributed by atoms with Gasteiger partial charge in [-0.25, -0.2) is 4.39 Å². The summed E-state index contributed by atoms with van der Waals surface area (Å²) in [4.78, 5) is 0. The van der Waals surface area contributed by atoms with Crippen molar-refractivity contribution in [3.05, 3.63) is 63.3 Å². The van der Waals surface area contributed by atoms with Gasteiger partial charge >= 0.3 is 0 Å². The molecule has 0 heterocycles. The summed E-state index contributed by atoms with van der Waals surface area (Å²) in [5.74, 6) is 0.0635. The summed E-state index contributed by atoms with van der Waals surface area (Å²) in [6.45, 7) is 0.287. The number of ether oxygens (including phenoxy) is 1. The van der Waals surface area contributed by atoms with E-state index >= 15 is 0 Å². The van der Waals surface area contributed by atoms with Crippen LogP contribution in [0.25, 0.3) is 0 Å². The Labute approximate surface area is 124 Å². The fourth-order valence-electron chi connectivity index (χ4n) is 1.69. The van der Waals surface area contributed by atoms with Crippen molar-refractivity contribution in [1.29, 1.82) is 0 Å². The highest BCUT2D eigenvalue weighted by Crippen LogP contribution is 2.26. The Morgan fingerprint density at radius 3 is 2.47 bits per heavy atom. The zero-order chi connectivity index (χ0) is 13.8. The van der Waals surface area contributed by atoms with Gasteiger partial charge in [-0.15, -0.1) is 0 Å². The molecular weight excluding hydrogens is 333 g/mol. The number of nitrogens with two attached hydrogens (primary N) is 1. The lowest BCUT2D eigenvalue weighted by Gasteiger charge is -2.18. The van der Waals surface area contributed by atoms with Gasteiger partial charge in [-0.1, -0.05) is 39.7 Å². The first-order valence-corrected chi connectivity index (χ1v) is 6.84. The maximum Gasteiger partial charge on any atom is 0.136 e. The van der Waals surface area contributed by atoms with E-state index in [9.17, 15) is 4.39 Å². The number of hydrogen-bond donors (Lipinski definition) is 1. The molecule has 0 amide bonds. The van der Waals surface area contributed by atoms with E-state index in [1.807, 2.05) is 12.1 Å². The summed E-state index contributed by atoms with van der Waals surface area (Å²) in [6.07, 6.45) is -0.342. The van der Waals surface area contributed by atoms with Crippen LogP contribution in [-0.4, -0.2) is 6.54 Å². The van der Waals surface area contributed by atoms with Crippen LogP contribution in [-0.2, 0) is 0 Å². The zero-order valence-electron chi connectivity index (χ0n) is 9.95. The van der Waals surface area contributed by atoms with Crippen LogP contribution in [0.3, 0.4) is 0 Å². The molecule has 0 saturated heterocycles.